The van der Waals surface area contributed by atoms with Gasteiger partial charge in [-0.25, -0.2) is 0 Å². The number of aliphatic hydroxyl groups excluding tert-OH is 1. The van der Waals surface area contributed by atoms with Crippen molar-refractivity contribution in [1.29, 1.82) is 0 Å². The van der Waals surface area contributed by atoms with Gasteiger partial charge in [0, 0.05) is 17.3 Å². The Balaban J connectivity index is 1.93. The van der Waals surface area contributed by atoms with Crippen LogP contribution in [0.15, 0.2) is 23.8 Å². The number of hydrogen-bond donors (Lipinski definition) is 1. The van der Waals surface area contributed by atoms with Crippen LogP contribution in [0.3, 0.4) is 0 Å². The number of hydrogen-bond acceptors (Lipinski definition) is 3. The van der Waals surface area contributed by atoms with Gasteiger partial charge >= 0.3 is 0 Å². The fourth-order valence-corrected chi connectivity index (χ4v) is 6.49. The molecular formula is C20H26O3. The van der Waals surface area contributed by atoms with Crippen LogP contribution in [0.1, 0.15) is 40.5 Å². The van der Waals surface area contributed by atoms with Crippen LogP contribution in [-0.2, 0) is 9.59 Å². The minimum atomic E-state index is -0.652. The minimum Gasteiger partial charge on any atom is -0.396 e. The van der Waals surface area contributed by atoms with Gasteiger partial charge in [0.05, 0.1) is 12.0 Å². The smallest absolute Gasteiger partial charge is 0.163 e. The first-order chi connectivity index (χ1) is 10.7. The molecule has 2 bridgehead atoms. The molecule has 1 spiro atoms. The number of Topliss-reactive ketones (excluding diaryl/α,β-unsaturated/α-hetero) is 2. The fourth-order valence-electron chi connectivity index (χ4n) is 6.49. The van der Waals surface area contributed by atoms with E-state index in [2.05, 4.69) is 20.8 Å². The molecule has 0 aromatic heterocycles. The highest BCUT2D eigenvalue weighted by Crippen LogP contribution is 2.78. The number of rotatable bonds is 1. The minimum absolute atomic E-state index is 0.0243. The van der Waals surface area contributed by atoms with Crippen LogP contribution >= 0.6 is 0 Å². The first kappa shape index (κ1) is 15.3. The average Bonchev–Trinajstić information content (AvgIpc) is 2.94. The summed E-state index contributed by atoms with van der Waals surface area (Å²) in [7, 11) is 0. The Bertz CT molecular complexity index is 670. The summed E-state index contributed by atoms with van der Waals surface area (Å²) in [5.74, 6) is 0.305. The molecule has 124 valence electrons. The van der Waals surface area contributed by atoms with Crippen LogP contribution in [0.25, 0.3) is 0 Å². The third-order valence-electron chi connectivity index (χ3n) is 7.98. The van der Waals surface area contributed by atoms with Crippen molar-refractivity contribution in [3.05, 3.63) is 23.8 Å². The van der Waals surface area contributed by atoms with E-state index in [0.29, 0.717) is 12.3 Å². The van der Waals surface area contributed by atoms with Gasteiger partial charge in [-0.3, -0.25) is 9.59 Å². The molecule has 4 aliphatic carbocycles. The van der Waals surface area contributed by atoms with Gasteiger partial charge in [-0.15, -0.1) is 0 Å². The molecule has 0 radical (unpaired) electrons. The van der Waals surface area contributed by atoms with E-state index in [-0.39, 0.29) is 46.8 Å². The van der Waals surface area contributed by atoms with Crippen molar-refractivity contribution in [3.63, 3.8) is 0 Å². The van der Waals surface area contributed by atoms with E-state index in [0.717, 1.165) is 12.0 Å². The first-order valence-electron chi connectivity index (χ1n) is 8.80. The van der Waals surface area contributed by atoms with E-state index in [1.807, 2.05) is 25.2 Å². The van der Waals surface area contributed by atoms with E-state index in [1.54, 1.807) is 0 Å². The first-order valence-corrected chi connectivity index (χ1v) is 8.80. The number of carbonyl (C=O) groups is 2. The van der Waals surface area contributed by atoms with Crippen molar-refractivity contribution in [2.75, 3.05) is 6.61 Å². The van der Waals surface area contributed by atoms with Crippen molar-refractivity contribution in [1.82, 2.24) is 0 Å². The van der Waals surface area contributed by atoms with Crippen LogP contribution in [0.4, 0.5) is 0 Å². The molecule has 0 aliphatic heterocycles. The molecule has 1 N–H and O–H groups in total. The summed E-state index contributed by atoms with van der Waals surface area (Å²) in [6, 6.07) is 0. The molecule has 4 rings (SSSR count). The van der Waals surface area contributed by atoms with Gasteiger partial charge in [0.15, 0.2) is 11.6 Å². The molecule has 6 atom stereocenters. The zero-order valence-corrected chi connectivity index (χ0v) is 14.4. The summed E-state index contributed by atoms with van der Waals surface area (Å²) >= 11 is 0. The quantitative estimate of drug-likeness (QED) is 0.757. The number of ketones is 2. The molecule has 3 nitrogen and oxygen atoms in total. The SMILES string of the molecule is CC1=CC23C(=O)C(C=CCC2C1=O)C1(CO)C(CC3C)C1(C)C. The summed E-state index contributed by atoms with van der Waals surface area (Å²) in [5, 5.41) is 10.2. The maximum Gasteiger partial charge on any atom is 0.163 e. The molecule has 0 aromatic rings. The van der Waals surface area contributed by atoms with Crippen LogP contribution in [0, 0.1) is 39.9 Å². The highest BCUT2D eigenvalue weighted by atomic mass is 16.3. The Morgan fingerprint density at radius 2 is 2.00 bits per heavy atom. The van der Waals surface area contributed by atoms with E-state index >= 15 is 0 Å². The third kappa shape index (κ3) is 1.42. The second kappa shape index (κ2) is 4.24. The summed E-state index contributed by atoms with van der Waals surface area (Å²) in [4.78, 5) is 26.3. The molecule has 6 unspecified atom stereocenters. The largest absolute Gasteiger partial charge is 0.396 e. The lowest BCUT2D eigenvalue weighted by Crippen LogP contribution is -2.46. The zero-order valence-electron chi connectivity index (χ0n) is 14.4. The van der Waals surface area contributed by atoms with Gasteiger partial charge in [-0.1, -0.05) is 39.0 Å². The van der Waals surface area contributed by atoms with Crippen molar-refractivity contribution < 1.29 is 14.7 Å². The Morgan fingerprint density at radius 1 is 1.30 bits per heavy atom. The Hall–Kier alpha value is -1.22. The van der Waals surface area contributed by atoms with E-state index in [1.165, 1.54) is 0 Å². The summed E-state index contributed by atoms with van der Waals surface area (Å²) in [6.07, 6.45) is 7.58. The lowest BCUT2D eigenvalue weighted by atomic mass is 9.62. The van der Waals surface area contributed by atoms with Crippen molar-refractivity contribution in [2.45, 2.75) is 40.5 Å². The molecule has 0 heterocycles. The molecule has 23 heavy (non-hydrogen) atoms. The average molecular weight is 314 g/mol. The monoisotopic (exact) mass is 314 g/mol. The molecule has 4 aliphatic rings. The van der Waals surface area contributed by atoms with Gasteiger partial charge < -0.3 is 5.11 Å². The molecule has 0 aromatic carbocycles. The lowest BCUT2D eigenvalue weighted by molar-refractivity contribution is -0.139. The molecule has 2 fully saturated rings. The van der Waals surface area contributed by atoms with Gasteiger partial charge in [0.2, 0.25) is 0 Å². The number of carbonyl (C=O) groups excluding carboxylic acids is 2. The molecular weight excluding hydrogens is 288 g/mol. The summed E-state index contributed by atoms with van der Waals surface area (Å²) in [5.41, 5.74) is -0.275. The number of allylic oxidation sites excluding steroid dienone is 4. The highest BCUT2D eigenvalue weighted by Gasteiger charge is 2.78. The molecule has 3 heteroatoms. The number of fused-ring (bicyclic) bond motifs is 3. The number of aliphatic hydroxyl groups is 1. The van der Waals surface area contributed by atoms with Gasteiger partial charge in [-0.2, -0.15) is 0 Å². The Morgan fingerprint density at radius 3 is 2.65 bits per heavy atom. The maximum absolute atomic E-state index is 13.7. The fraction of sp³-hybridized carbons (Fsp3) is 0.700. The molecule has 0 amide bonds. The zero-order chi connectivity index (χ0) is 16.8. The molecule has 0 saturated heterocycles. The second-order valence-electron chi connectivity index (χ2n) is 8.79. The standard InChI is InChI=1S/C20H26O3/c1-11-9-19-12(2)8-15-18(3,4)20(15,10-21)14(17(19)23)7-5-6-13(19)16(11)22/h5,7,9,12-15,21H,6,8,10H2,1-4H3. The Labute approximate surface area is 137 Å². The normalized spacial score (nSPS) is 49.9. The highest BCUT2D eigenvalue weighted by molar-refractivity contribution is 6.08. The van der Waals surface area contributed by atoms with Crippen LogP contribution in [0.5, 0.6) is 0 Å². The predicted molar refractivity (Wildman–Crippen MR) is 87.5 cm³/mol. The van der Waals surface area contributed by atoms with Gasteiger partial charge in [0.25, 0.3) is 0 Å². The van der Waals surface area contributed by atoms with Crippen LogP contribution < -0.4 is 0 Å². The third-order valence-corrected chi connectivity index (χ3v) is 7.98. The van der Waals surface area contributed by atoms with E-state index < -0.39 is 5.41 Å². The van der Waals surface area contributed by atoms with Crippen LogP contribution in [0.2, 0.25) is 0 Å². The van der Waals surface area contributed by atoms with Crippen molar-refractivity contribution in [2.24, 2.45) is 39.9 Å². The van der Waals surface area contributed by atoms with Crippen LogP contribution in [-0.4, -0.2) is 23.3 Å². The topological polar surface area (TPSA) is 54.4 Å². The van der Waals surface area contributed by atoms with Gasteiger partial charge in [-0.05, 0) is 42.6 Å². The van der Waals surface area contributed by atoms with E-state index in [4.69, 9.17) is 0 Å². The predicted octanol–water partition coefficient (Wildman–Crippen LogP) is 2.94. The van der Waals surface area contributed by atoms with Gasteiger partial charge in [0.1, 0.15) is 0 Å². The summed E-state index contributed by atoms with van der Waals surface area (Å²) in [6.45, 7) is 8.40. The molecule has 2 saturated carbocycles. The van der Waals surface area contributed by atoms with Crippen molar-refractivity contribution in [3.8, 4) is 0 Å². The summed E-state index contributed by atoms with van der Waals surface area (Å²) < 4.78 is 0. The van der Waals surface area contributed by atoms with Crippen molar-refractivity contribution >= 4 is 11.6 Å². The Kier molecular flexibility index (Phi) is 2.82. The van der Waals surface area contributed by atoms with E-state index in [9.17, 15) is 14.7 Å². The second-order valence-corrected chi connectivity index (χ2v) is 8.79. The maximum atomic E-state index is 13.7. The lowest BCUT2D eigenvalue weighted by Gasteiger charge is -2.38.